The zero-order chi connectivity index (χ0) is 12.8. The molecule has 2 rings (SSSR count). The van der Waals surface area contributed by atoms with E-state index in [1.165, 1.54) is 11.1 Å². The molecule has 0 heterocycles. The summed E-state index contributed by atoms with van der Waals surface area (Å²) >= 11 is 6.23. The molecule has 18 heavy (non-hydrogen) atoms. The standard InChI is InChI=1S/C17H15Cl/c1-14-10-12-16(13-11-14)17(18)9-5-8-15-6-3-2-4-7-15/h2-13H,1H3/b8-5-,17-9+. The van der Waals surface area contributed by atoms with Crippen LogP contribution in [0.5, 0.6) is 0 Å². The number of benzene rings is 2. The minimum absolute atomic E-state index is 0.752. The van der Waals surface area contributed by atoms with Crippen molar-refractivity contribution in [3.05, 3.63) is 83.4 Å². The molecule has 0 aliphatic heterocycles. The Labute approximate surface area is 113 Å². The molecule has 0 fully saturated rings. The first-order valence-corrected chi connectivity index (χ1v) is 6.29. The van der Waals surface area contributed by atoms with Crippen molar-refractivity contribution in [3.8, 4) is 0 Å². The van der Waals surface area contributed by atoms with Gasteiger partial charge in [-0.2, -0.15) is 0 Å². The molecule has 0 spiro atoms. The first-order chi connectivity index (χ1) is 8.75. The van der Waals surface area contributed by atoms with E-state index in [4.69, 9.17) is 11.6 Å². The van der Waals surface area contributed by atoms with Gasteiger partial charge in [0.15, 0.2) is 0 Å². The maximum absolute atomic E-state index is 6.23. The van der Waals surface area contributed by atoms with Crippen LogP contribution < -0.4 is 0 Å². The van der Waals surface area contributed by atoms with E-state index < -0.39 is 0 Å². The maximum atomic E-state index is 6.23. The van der Waals surface area contributed by atoms with E-state index in [1.807, 2.05) is 48.6 Å². The number of halogens is 1. The fraction of sp³-hybridized carbons (Fsp3) is 0.0588. The van der Waals surface area contributed by atoms with Crippen LogP contribution in [0.25, 0.3) is 11.1 Å². The summed E-state index contributed by atoms with van der Waals surface area (Å²) < 4.78 is 0. The Kier molecular flexibility index (Phi) is 4.38. The zero-order valence-electron chi connectivity index (χ0n) is 10.3. The lowest BCUT2D eigenvalue weighted by Gasteiger charge is -1.98. The summed E-state index contributed by atoms with van der Waals surface area (Å²) in [6.07, 6.45) is 5.92. The number of allylic oxidation sites excluding steroid dienone is 2. The molecular weight excluding hydrogens is 240 g/mol. The molecule has 0 amide bonds. The van der Waals surface area contributed by atoms with E-state index in [1.54, 1.807) is 0 Å². The zero-order valence-corrected chi connectivity index (χ0v) is 11.1. The van der Waals surface area contributed by atoms with Crippen molar-refractivity contribution in [1.29, 1.82) is 0 Å². The van der Waals surface area contributed by atoms with E-state index >= 15 is 0 Å². The molecule has 2 aromatic carbocycles. The predicted octanol–water partition coefficient (Wildman–Crippen LogP) is 5.29. The number of rotatable bonds is 3. The third-order valence-corrected chi connectivity index (χ3v) is 3.00. The molecule has 0 aromatic heterocycles. The van der Waals surface area contributed by atoms with Crippen molar-refractivity contribution < 1.29 is 0 Å². The van der Waals surface area contributed by atoms with Crippen LogP contribution >= 0.6 is 11.6 Å². The van der Waals surface area contributed by atoms with Crippen LogP contribution in [-0.2, 0) is 0 Å². The minimum Gasteiger partial charge on any atom is -0.0837 e. The van der Waals surface area contributed by atoms with Gasteiger partial charge < -0.3 is 0 Å². The molecule has 2 aromatic rings. The monoisotopic (exact) mass is 254 g/mol. The molecule has 0 radical (unpaired) electrons. The van der Waals surface area contributed by atoms with Crippen LogP contribution in [0.2, 0.25) is 0 Å². The van der Waals surface area contributed by atoms with E-state index in [9.17, 15) is 0 Å². The van der Waals surface area contributed by atoms with Gasteiger partial charge in [0.1, 0.15) is 0 Å². The molecule has 0 saturated heterocycles. The van der Waals surface area contributed by atoms with Crippen molar-refractivity contribution in [3.63, 3.8) is 0 Å². The van der Waals surface area contributed by atoms with Crippen LogP contribution in [0.4, 0.5) is 0 Å². The van der Waals surface area contributed by atoms with Crippen molar-refractivity contribution in [1.82, 2.24) is 0 Å². The van der Waals surface area contributed by atoms with E-state index in [0.29, 0.717) is 0 Å². The topological polar surface area (TPSA) is 0 Å². The van der Waals surface area contributed by atoms with Gasteiger partial charge in [0.25, 0.3) is 0 Å². The van der Waals surface area contributed by atoms with Crippen LogP contribution in [-0.4, -0.2) is 0 Å². The van der Waals surface area contributed by atoms with Gasteiger partial charge in [-0.15, -0.1) is 0 Å². The average molecular weight is 255 g/mol. The van der Waals surface area contributed by atoms with Crippen molar-refractivity contribution in [2.75, 3.05) is 0 Å². The van der Waals surface area contributed by atoms with Gasteiger partial charge in [-0.1, -0.05) is 83.9 Å². The van der Waals surface area contributed by atoms with Crippen LogP contribution in [0, 0.1) is 6.92 Å². The Morgan fingerprint density at radius 3 is 2.28 bits per heavy atom. The van der Waals surface area contributed by atoms with Gasteiger partial charge in [-0.3, -0.25) is 0 Å². The molecule has 90 valence electrons. The Morgan fingerprint density at radius 1 is 0.944 bits per heavy atom. The lowest BCUT2D eigenvalue weighted by molar-refractivity contribution is 1.46. The summed E-state index contributed by atoms with van der Waals surface area (Å²) in [4.78, 5) is 0. The Morgan fingerprint density at radius 2 is 1.61 bits per heavy atom. The number of hydrogen-bond donors (Lipinski definition) is 0. The Balaban J connectivity index is 2.10. The van der Waals surface area contributed by atoms with Gasteiger partial charge >= 0.3 is 0 Å². The molecule has 0 unspecified atom stereocenters. The molecular formula is C17H15Cl. The number of hydrogen-bond acceptors (Lipinski definition) is 0. The normalized spacial score (nSPS) is 12.0. The van der Waals surface area contributed by atoms with E-state index in [2.05, 4.69) is 31.2 Å². The highest BCUT2D eigenvalue weighted by molar-refractivity contribution is 6.48. The first kappa shape index (κ1) is 12.7. The lowest BCUT2D eigenvalue weighted by Crippen LogP contribution is -1.77. The molecule has 0 aliphatic carbocycles. The van der Waals surface area contributed by atoms with Crippen molar-refractivity contribution in [2.45, 2.75) is 6.92 Å². The minimum atomic E-state index is 0.752. The predicted molar refractivity (Wildman–Crippen MR) is 80.5 cm³/mol. The molecule has 0 aliphatic rings. The SMILES string of the molecule is Cc1ccc(/C(Cl)=C\C=C/c2ccccc2)cc1. The summed E-state index contributed by atoms with van der Waals surface area (Å²) in [7, 11) is 0. The lowest BCUT2D eigenvalue weighted by atomic mass is 10.1. The first-order valence-electron chi connectivity index (χ1n) is 5.92. The largest absolute Gasteiger partial charge is 0.0837 e. The fourth-order valence-corrected chi connectivity index (χ4v) is 1.82. The highest BCUT2D eigenvalue weighted by Gasteiger charge is 1.95. The van der Waals surface area contributed by atoms with Crippen LogP contribution in [0.15, 0.2) is 66.7 Å². The van der Waals surface area contributed by atoms with Gasteiger partial charge in [0.2, 0.25) is 0 Å². The quantitative estimate of drug-likeness (QED) is 0.653. The highest BCUT2D eigenvalue weighted by atomic mass is 35.5. The summed E-state index contributed by atoms with van der Waals surface area (Å²) in [6, 6.07) is 18.4. The fourth-order valence-electron chi connectivity index (χ4n) is 1.62. The molecule has 0 bridgehead atoms. The van der Waals surface area contributed by atoms with E-state index in [0.717, 1.165) is 10.6 Å². The molecule has 0 nitrogen and oxygen atoms in total. The van der Waals surface area contributed by atoms with Crippen LogP contribution in [0.3, 0.4) is 0 Å². The van der Waals surface area contributed by atoms with Gasteiger partial charge in [0.05, 0.1) is 0 Å². The summed E-state index contributed by atoms with van der Waals surface area (Å²) in [5.41, 5.74) is 3.45. The van der Waals surface area contributed by atoms with Crippen molar-refractivity contribution in [2.24, 2.45) is 0 Å². The highest BCUT2D eigenvalue weighted by Crippen LogP contribution is 2.19. The Hall–Kier alpha value is -1.79. The van der Waals surface area contributed by atoms with Crippen molar-refractivity contribution >= 4 is 22.7 Å². The Bertz CT molecular complexity index is 548. The van der Waals surface area contributed by atoms with Crippen LogP contribution in [0.1, 0.15) is 16.7 Å². The van der Waals surface area contributed by atoms with Gasteiger partial charge in [0, 0.05) is 5.03 Å². The second-order valence-corrected chi connectivity index (χ2v) is 4.56. The smallest absolute Gasteiger partial charge is 0.0478 e. The maximum Gasteiger partial charge on any atom is 0.0478 e. The van der Waals surface area contributed by atoms with Gasteiger partial charge in [-0.25, -0.2) is 0 Å². The number of aryl methyl sites for hydroxylation is 1. The third kappa shape index (κ3) is 3.61. The second-order valence-electron chi connectivity index (χ2n) is 4.15. The van der Waals surface area contributed by atoms with Gasteiger partial charge in [-0.05, 0) is 24.1 Å². The third-order valence-electron chi connectivity index (χ3n) is 2.66. The summed E-state index contributed by atoms with van der Waals surface area (Å²) in [6.45, 7) is 2.07. The second kappa shape index (κ2) is 6.23. The molecule has 0 N–H and O–H groups in total. The molecule has 0 saturated carbocycles. The summed E-state index contributed by atoms with van der Waals surface area (Å²) in [5.74, 6) is 0. The van der Waals surface area contributed by atoms with E-state index in [-0.39, 0.29) is 0 Å². The molecule has 0 atom stereocenters. The average Bonchev–Trinajstić information content (AvgIpc) is 2.40. The summed E-state index contributed by atoms with van der Waals surface area (Å²) in [5, 5.41) is 0.752. The molecule has 1 heteroatoms.